The van der Waals surface area contributed by atoms with Gasteiger partial charge in [-0.2, -0.15) is 0 Å². The molecule has 2 aromatic rings. The Morgan fingerprint density at radius 1 is 1.37 bits per heavy atom. The van der Waals surface area contributed by atoms with Gasteiger partial charge in [0.05, 0.1) is 17.9 Å². The number of nitrogens with zero attached hydrogens (tertiary/aromatic N) is 2. The molecule has 1 aromatic heterocycles. The Morgan fingerprint density at radius 3 is 2.89 bits per heavy atom. The summed E-state index contributed by atoms with van der Waals surface area (Å²) in [5, 5.41) is 9.15. The van der Waals surface area contributed by atoms with E-state index in [4.69, 9.17) is 5.11 Å². The maximum absolute atomic E-state index is 11.1. The van der Waals surface area contributed by atoms with Gasteiger partial charge >= 0.3 is 6.09 Å². The lowest BCUT2D eigenvalue weighted by atomic mass is 10.2. The van der Waals surface area contributed by atoms with Crippen LogP contribution in [0.25, 0.3) is 11.3 Å². The third-order valence-corrected chi connectivity index (χ3v) is 3.49. The molecule has 2 heterocycles. The van der Waals surface area contributed by atoms with Crippen LogP contribution in [-0.2, 0) is 0 Å². The van der Waals surface area contributed by atoms with Gasteiger partial charge in [0.25, 0.3) is 0 Å². The van der Waals surface area contributed by atoms with Crippen molar-refractivity contribution in [2.24, 2.45) is 0 Å². The van der Waals surface area contributed by atoms with E-state index in [0.29, 0.717) is 6.54 Å². The first-order chi connectivity index (χ1) is 9.25. The quantitative estimate of drug-likeness (QED) is 0.869. The summed E-state index contributed by atoms with van der Waals surface area (Å²) >= 11 is 0. The summed E-state index contributed by atoms with van der Waals surface area (Å²) in [6, 6.07) is 9.75. The molecular weight excluding hydrogens is 242 g/mol. The predicted octanol–water partition coefficient (Wildman–Crippen LogP) is 2.89. The van der Waals surface area contributed by atoms with E-state index >= 15 is 0 Å². The van der Waals surface area contributed by atoms with Gasteiger partial charge in [-0.1, -0.05) is 30.3 Å². The third-order valence-electron chi connectivity index (χ3n) is 3.49. The van der Waals surface area contributed by atoms with Crippen molar-refractivity contribution in [3.05, 3.63) is 42.4 Å². The fraction of sp³-hybridized carbons (Fsp3) is 0.286. The molecule has 1 amide bonds. The molecule has 1 aliphatic rings. The molecule has 0 radical (unpaired) electrons. The van der Waals surface area contributed by atoms with E-state index in [1.165, 1.54) is 4.90 Å². The number of amides is 1. The number of aromatic nitrogens is 2. The van der Waals surface area contributed by atoms with Gasteiger partial charge in [-0.3, -0.25) is 4.90 Å². The van der Waals surface area contributed by atoms with Crippen LogP contribution in [0.3, 0.4) is 0 Å². The smallest absolute Gasteiger partial charge is 0.407 e. The number of rotatable bonds is 2. The highest BCUT2D eigenvalue weighted by molar-refractivity contribution is 5.66. The number of H-pyrrole nitrogens is 1. The Labute approximate surface area is 110 Å². The predicted molar refractivity (Wildman–Crippen MR) is 70.7 cm³/mol. The van der Waals surface area contributed by atoms with Crippen molar-refractivity contribution in [1.29, 1.82) is 0 Å². The molecule has 0 bridgehead atoms. The number of hydrogen-bond donors (Lipinski definition) is 2. The standard InChI is InChI=1S/C14H15N3O2/c18-14(19)17-8-4-7-12(17)13-15-9-11(16-13)10-5-2-1-3-6-10/h1-3,5-6,9,12H,4,7-8H2,(H,15,16)(H,18,19)/t12-/m0/s1. The highest BCUT2D eigenvalue weighted by atomic mass is 16.4. The highest BCUT2D eigenvalue weighted by Crippen LogP contribution is 2.31. The molecular formula is C14H15N3O2. The Balaban J connectivity index is 1.87. The summed E-state index contributed by atoms with van der Waals surface area (Å²) in [5.74, 6) is 0.735. The maximum Gasteiger partial charge on any atom is 0.407 e. The minimum absolute atomic E-state index is 0.144. The molecule has 1 aliphatic heterocycles. The zero-order valence-corrected chi connectivity index (χ0v) is 10.4. The molecule has 1 saturated heterocycles. The molecule has 98 valence electrons. The van der Waals surface area contributed by atoms with Crippen molar-refractivity contribution in [2.75, 3.05) is 6.54 Å². The zero-order chi connectivity index (χ0) is 13.2. The van der Waals surface area contributed by atoms with Crippen molar-refractivity contribution >= 4 is 6.09 Å². The summed E-state index contributed by atoms with van der Waals surface area (Å²) in [6.45, 7) is 0.585. The maximum atomic E-state index is 11.1. The largest absolute Gasteiger partial charge is 0.465 e. The van der Waals surface area contributed by atoms with Crippen molar-refractivity contribution in [2.45, 2.75) is 18.9 Å². The van der Waals surface area contributed by atoms with E-state index in [0.717, 1.165) is 29.9 Å². The van der Waals surface area contributed by atoms with Gasteiger partial charge in [-0.15, -0.1) is 0 Å². The minimum Gasteiger partial charge on any atom is -0.465 e. The number of hydrogen-bond acceptors (Lipinski definition) is 2. The molecule has 5 heteroatoms. The van der Waals surface area contributed by atoms with Gasteiger partial charge in [-0.25, -0.2) is 9.78 Å². The van der Waals surface area contributed by atoms with E-state index in [-0.39, 0.29) is 6.04 Å². The number of likely N-dealkylation sites (tertiary alicyclic amines) is 1. The molecule has 0 aliphatic carbocycles. The van der Waals surface area contributed by atoms with Crippen LogP contribution in [0.5, 0.6) is 0 Å². The van der Waals surface area contributed by atoms with Crippen LogP contribution in [0.2, 0.25) is 0 Å². The average molecular weight is 257 g/mol. The molecule has 19 heavy (non-hydrogen) atoms. The fourth-order valence-corrected chi connectivity index (χ4v) is 2.55. The molecule has 3 rings (SSSR count). The summed E-state index contributed by atoms with van der Waals surface area (Å²) in [5.41, 5.74) is 1.98. The third kappa shape index (κ3) is 2.19. The monoisotopic (exact) mass is 257 g/mol. The number of carbonyl (C=O) groups is 1. The van der Waals surface area contributed by atoms with E-state index in [9.17, 15) is 4.79 Å². The van der Waals surface area contributed by atoms with Crippen molar-refractivity contribution in [3.63, 3.8) is 0 Å². The minimum atomic E-state index is -0.875. The summed E-state index contributed by atoms with van der Waals surface area (Å²) in [4.78, 5) is 20.2. The lowest BCUT2D eigenvalue weighted by Gasteiger charge is -2.19. The molecule has 0 saturated carbocycles. The normalized spacial score (nSPS) is 18.7. The van der Waals surface area contributed by atoms with Crippen LogP contribution in [-0.4, -0.2) is 32.6 Å². The van der Waals surface area contributed by atoms with Crippen molar-refractivity contribution in [3.8, 4) is 11.3 Å². The van der Waals surface area contributed by atoms with Gasteiger partial charge in [0.1, 0.15) is 5.82 Å². The van der Waals surface area contributed by atoms with Gasteiger partial charge in [0.2, 0.25) is 0 Å². The van der Waals surface area contributed by atoms with Crippen LogP contribution >= 0.6 is 0 Å². The molecule has 2 N–H and O–H groups in total. The van der Waals surface area contributed by atoms with Gasteiger partial charge in [0, 0.05) is 6.54 Å². The van der Waals surface area contributed by atoms with Crippen LogP contribution < -0.4 is 0 Å². The SMILES string of the molecule is O=C(O)N1CCC[C@H]1c1ncc(-c2ccccc2)[nH]1. The molecule has 1 atom stereocenters. The van der Waals surface area contributed by atoms with Crippen molar-refractivity contribution < 1.29 is 9.90 Å². The second kappa shape index (κ2) is 4.76. The van der Waals surface area contributed by atoms with Gasteiger partial charge < -0.3 is 10.1 Å². The van der Waals surface area contributed by atoms with Gasteiger partial charge in [0.15, 0.2) is 0 Å². The lowest BCUT2D eigenvalue weighted by Crippen LogP contribution is -2.29. The first-order valence-electron chi connectivity index (χ1n) is 6.35. The van der Waals surface area contributed by atoms with Crippen LogP contribution in [0.1, 0.15) is 24.7 Å². The average Bonchev–Trinajstić information content (AvgIpc) is 3.08. The molecule has 1 fully saturated rings. The van der Waals surface area contributed by atoms with Crippen molar-refractivity contribution in [1.82, 2.24) is 14.9 Å². The molecule has 0 unspecified atom stereocenters. The van der Waals surface area contributed by atoms with E-state index in [1.54, 1.807) is 6.20 Å². The second-order valence-corrected chi connectivity index (χ2v) is 4.68. The number of nitrogens with one attached hydrogen (secondary N) is 1. The summed E-state index contributed by atoms with van der Waals surface area (Å²) < 4.78 is 0. The van der Waals surface area contributed by atoms with E-state index in [1.807, 2.05) is 30.3 Å². The summed E-state index contributed by atoms with van der Waals surface area (Å²) in [7, 11) is 0. The van der Waals surface area contributed by atoms with Gasteiger partial charge in [-0.05, 0) is 18.4 Å². The number of benzene rings is 1. The first kappa shape index (κ1) is 11.8. The molecule has 5 nitrogen and oxygen atoms in total. The molecule has 1 aromatic carbocycles. The summed E-state index contributed by atoms with van der Waals surface area (Å²) in [6.07, 6.45) is 2.61. The van der Waals surface area contributed by atoms with Crippen LogP contribution in [0.15, 0.2) is 36.5 Å². The number of carboxylic acid groups (broad SMARTS) is 1. The first-order valence-corrected chi connectivity index (χ1v) is 6.35. The van der Waals surface area contributed by atoms with E-state index in [2.05, 4.69) is 9.97 Å². The molecule has 0 spiro atoms. The van der Waals surface area contributed by atoms with Crippen LogP contribution in [0, 0.1) is 0 Å². The number of aromatic amines is 1. The van der Waals surface area contributed by atoms with E-state index < -0.39 is 6.09 Å². The Hall–Kier alpha value is -2.30. The fourth-order valence-electron chi connectivity index (χ4n) is 2.55. The zero-order valence-electron chi connectivity index (χ0n) is 10.4. The Bertz CT molecular complexity index is 579. The second-order valence-electron chi connectivity index (χ2n) is 4.68. The number of imidazole rings is 1. The highest BCUT2D eigenvalue weighted by Gasteiger charge is 2.31. The Morgan fingerprint density at radius 2 is 2.16 bits per heavy atom. The Kier molecular flexibility index (Phi) is 2.95. The topological polar surface area (TPSA) is 69.2 Å². The van der Waals surface area contributed by atoms with Crippen LogP contribution in [0.4, 0.5) is 4.79 Å². The lowest BCUT2D eigenvalue weighted by molar-refractivity contribution is 0.139.